The number of nitrogens with one attached hydrogen (secondary N) is 1. The van der Waals surface area contributed by atoms with Crippen LogP contribution in [0, 0.1) is 5.82 Å². The van der Waals surface area contributed by atoms with Gasteiger partial charge in [-0.2, -0.15) is 4.52 Å². The fourth-order valence-electron chi connectivity index (χ4n) is 2.53. The van der Waals surface area contributed by atoms with E-state index in [9.17, 15) is 9.50 Å². The van der Waals surface area contributed by atoms with E-state index in [2.05, 4.69) is 20.6 Å². The van der Waals surface area contributed by atoms with E-state index in [4.69, 9.17) is 11.6 Å². The zero-order valence-electron chi connectivity index (χ0n) is 13.4. The lowest BCUT2D eigenvalue weighted by Gasteiger charge is -2.07. The average Bonchev–Trinajstić information content (AvgIpc) is 3.02. The van der Waals surface area contributed by atoms with Gasteiger partial charge < -0.3 is 10.4 Å². The zero-order valence-corrected chi connectivity index (χ0v) is 14.2. The van der Waals surface area contributed by atoms with E-state index < -0.39 is 5.82 Å². The van der Waals surface area contributed by atoms with Crippen LogP contribution in [-0.2, 0) is 6.42 Å². The van der Waals surface area contributed by atoms with Gasteiger partial charge in [0.2, 0.25) is 0 Å². The average molecular weight is 370 g/mol. The van der Waals surface area contributed by atoms with Crippen molar-refractivity contribution in [3.63, 3.8) is 0 Å². The van der Waals surface area contributed by atoms with Gasteiger partial charge in [0.1, 0.15) is 11.6 Å². The molecule has 2 heterocycles. The van der Waals surface area contributed by atoms with Crippen molar-refractivity contribution in [3.8, 4) is 5.75 Å². The molecule has 0 amide bonds. The summed E-state index contributed by atoms with van der Waals surface area (Å²) < 4.78 is 14.9. The maximum Gasteiger partial charge on any atom is 0.178 e. The summed E-state index contributed by atoms with van der Waals surface area (Å²) in [7, 11) is 0. The van der Waals surface area contributed by atoms with Crippen LogP contribution in [0.2, 0.25) is 5.02 Å². The molecule has 0 fully saturated rings. The SMILES string of the molecule is Oc1ccc(Cc2nnc3ccc(Nc4ccc(F)c(Cl)c4)nn23)cc1. The van der Waals surface area contributed by atoms with Crippen molar-refractivity contribution in [2.45, 2.75) is 6.42 Å². The molecule has 0 spiro atoms. The molecule has 4 aromatic rings. The van der Waals surface area contributed by atoms with E-state index in [1.165, 1.54) is 12.1 Å². The van der Waals surface area contributed by atoms with Gasteiger partial charge in [-0.05, 0) is 48.0 Å². The molecule has 0 saturated carbocycles. The molecule has 8 heteroatoms. The van der Waals surface area contributed by atoms with E-state index in [0.29, 0.717) is 29.4 Å². The first-order valence-electron chi connectivity index (χ1n) is 7.80. The van der Waals surface area contributed by atoms with Gasteiger partial charge in [0.25, 0.3) is 0 Å². The first kappa shape index (κ1) is 16.3. The second-order valence-corrected chi connectivity index (χ2v) is 6.11. The van der Waals surface area contributed by atoms with Crippen molar-refractivity contribution in [1.29, 1.82) is 0 Å². The van der Waals surface area contributed by atoms with Crippen LogP contribution in [0.15, 0.2) is 54.6 Å². The summed E-state index contributed by atoms with van der Waals surface area (Å²) in [5.74, 6) is 0.941. The van der Waals surface area contributed by atoms with Gasteiger partial charge in [0, 0.05) is 12.1 Å². The highest BCUT2D eigenvalue weighted by Crippen LogP contribution is 2.22. The number of nitrogens with zero attached hydrogens (tertiary/aromatic N) is 4. The Kier molecular flexibility index (Phi) is 4.14. The van der Waals surface area contributed by atoms with Gasteiger partial charge in [0.05, 0.1) is 5.02 Å². The number of halogens is 2. The summed E-state index contributed by atoms with van der Waals surface area (Å²) in [6.07, 6.45) is 0.514. The van der Waals surface area contributed by atoms with Crippen molar-refractivity contribution in [3.05, 3.63) is 76.8 Å². The van der Waals surface area contributed by atoms with Crippen molar-refractivity contribution in [2.75, 3.05) is 5.32 Å². The first-order chi connectivity index (χ1) is 12.6. The summed E-state index contributed by atoms with van der Waals surface area (Å²) in [4.78, 5) is 0. The maximum absolute atomic E-state index is 13.3. The monoisotopic (exact) mass is 369 g/mol. The minimum atomic E-state index is -0.476. The lowest BCUT2D eigenvalue weighted by atomic mass is 10.1. The van der Waals surface area contributed by atoms with Gasteiger partial charge in [0.15, 0.2) is 17.3 Å². The number of phenolic OH excluding ortho intramolecular Hbond substituents is 1. The second-order valence-electron chi connectivity index (χ2n) is 5.70. The van der Waals surface area contributed by atoms with Crippen molar-refractivity contribution in [2.24, 2.45) is 0 Å². The number of rotatable bonds is 4. The molecule has 0 atom stereocenters. The van der Waals surface area contributed by atoms with E-state index in [1.54, 1.807) is 34.8 Å². The third kappa shape index (κ3) is 3.29. The van der Waals surface area contributed by atoms with E-state index >= 15 is 0 Å². The molecule has 130 valence electrons. The van der Waals surface area contributed by atoms with Gasteiger partial charge in [-0.3, -0.25) is 0 Å². The number of hydrogen-bond acceptors (Lipinski definition) is 5. The van der Waals surface area contributed by atoms with Crippen LogP contribution in [0.25, 0.3) is 5.65 Å². The van der Waals surface area contributed by atoms with Crippen LogP contribution in [0.3, 0.4) is 0 Å². The molecule has 6 nitrogen and oxygen atoms in total. The smallest absolute Gasteiger partial charge is 0.178 e. The molecule has 0 aliphatic carbocycles. The van der Waals surface area contributed by atoms with Gasteiger partial charge in [-0.1, -0.05) is 23.7 Å². The van der Waals surface area contributed by atoms with E-state index in [-0.39, 0.29) is 10.8 Å². The molecule has 0 aliphatic heterocycles. The molecule has 2 aromatic carbocycles. The summed E-state index contributed by atoms with van der Waals surface area (Å²) in [6.45, 7) is 0. The molecule has 2 N–H and O–H groups in total. The summed E-state index contributed by atoms with van der Waals surface area (Å²) in [6, 6.07) is 14.8. The first-order valence-corrected chi connectivity index (χ1v) is 8.17. The number of aromatic hydroxyl groups is 1. The van der Waals surface area contributed by atoms with Crippen LogP contribution in [0.1, 0.15) is 11.4 Å². The molecule has 0 unspecified atom stereocenters. The Bertz CT molecular complexity index is 1080. The molecular formula is C18H13ClFN5O. The molecule has 0 bridgehead atoms. The summed E-state index contributed by atoms with van der Waals surface area (Å²) >= 11 is 5.81. The van der Waals surface area contributed by atoms with Crippen LogP contribution in [-0.4, -0.2) is 24.9 Å². The zero-order chi connectivity index (χ0) is 18.1. The fraction of sp³-hybridized carbons (Fsp3) is 0.0556. The standard InChI is InChI=1S/C18H13ClFN5O/c19-14-10-12(3-6-15(14)20)21-16-7-8-17-22-23-18(25(17)24-16)9-11-1-4-13(26)5-2-11/h1-8,10,26H,9H2,(H,21,24). The van der Waals surface area contributed by atoms with Crippen LogP contribution < -0.4 is 5.32 Å². The molecule has 0 saturated heterocycles. The van der Waals surface area contributed by atoms with E-state index in [1.807, 2.05) is 12.1 Å². The Hall–Kier alpha value is -3.19. The Labute approximate surface area is 152 Å². The molecule has 26 heavy (non-hydrogen) atoms. The van der Waals surface area contributed by atoms with Gasteiger partial charge in [-0.25, -0.2) is 4.39 Å². The minimum absolute atomic E-state index is 0.0356. The maximum atomic E-state index is 13.3. The Morgan fingerprint density at radius 1 is 1.04 bits per heavy atom. The highest BCUT2D eigenvalue weighted by atomic mass is 35.5. The predicted molar refractivity (Wildman–Crippen MR) is 96.4 cm³/mol. The number of aromatic nitrogens is 4. The third-order valence-electron chi connectivity index (χ3n) is 3.82. The Balaban J connectivity index is 1.63. The van der Waals surface area contributed by atoms with Crippen molar-refractivity contribution < 1.29 is 9.50 Å². The van der Waals surface area contributed by atoms with Crippen molar-refractivity contribution in [1.82, 2.24) is 19.8 Å². The largest absolute Gasteiger partial charge is 0.508 e. The lowest BCUT2D eigenvalue weighted by molar-refractivity contribution is 0.475. The molecule has 2 aromatic heterocycles. The molecule has 0 aliphatic rings. The van der Waals surface area contributed by atoms with Crippen LogP contribution in [0.4, 0.5) is 15.9 Å². The van der Waals surface area contributed by atoms with Gasteiger partial charge >= 0.3 is 0 Å². The number of phenols is 1. The summed E-state index contributed by atoms with van der Waals surface area (Å²) in [5, 5.41) is 25.3. The number of hydrogen-bond donors (Lipinski definition) is 2. The van der Waals surface area contributed by atoms with Crippen molar-refractivity contribution >= 4 is 28.8 Å². The highest BCUT2D eigenvalue weighted by Gasteiger charge is 2.09. The number of fused-ring (bicyclic) bond motifs is 1. The topological polar surface area (TPSA) is 75.3 Å². The highest BCUT2D eigenvalue weighted by molar-refractivity contribution is 6.31. The number of anilines is 2. The summed E-state index contributed by atoms with van der Waals surface area (Å²) in [5.41, 5.74) is 2.21. The molecule has 0 radical (unpaired) electrons. The molecule has 4 rings (SSSR count). The Morgan fingerprint density at radius 3 is 2.62 bits per heavy atom. The second kappa shape index (κ2) is 6.61. The number of benzene rings is 2. The predicted octanol–water partition coefficient (Wildman–Crippen LogP) is 3.96. The van der Waals surface area contributed by atoms with Crippen LogP contribution >= 0.6 is 11.6 Å². The quantitative estimate of drug-likeness (QED) is 0.569. The Morgan fingerprint density at radius 2 is 1.85 bits per heavy atom. The van der Waals surface area contributed by atoms with Gasteiger partial charge in [-0.15, -0.1) is 15.3 Å². The van der Waals surface area contributed by atoms with Crippen LogP contribution in [0.5, 0.6) is 5.75 Å². The minimum Gasteiger partial charge on any atom is -0.508 e. The third-order valence-corrected chi connectivity index (χ3v) is 4.11. The molecular weight excluding hydrogens is 357 g/mol. The lowest BCUT2D eigenvalue weighted by Crippen LogP contribution is -2.03. The normalized spacial score (nSPS) is 11.0. The fourth-order valence-corrected chi connectivity index (χ4v) is 2.71. The van der Waals surface area contributed by atoms with E-state index in [0.717, 1.165) is 5.56 Å².